The maximum Gasteiger partial charge on any atom is 0.314 e. The van der Waals surface area contributed by atoms with Crippen LogP contribution in [0.3, 0.4) is 0 Å². The number of rotatable bonds is 2. The van der Waals surface area contributed by atoms with Crippen molar-refractivity contribution in [3.63, 3.8) is 0 Å². The van der Waals surface area contributed by atoms with Gasteiger partial charge in [-0.25, -0.2) is 4.39 Å². The summed E-state index contributed by atoms with van der Waals surface area (Å²) in [5.41, 5.74) is 1.00. The van der Waals surface area contributed by atoms with Gasteiger partial charge in [-0.15, -0.1) is 0 Å². The van der Waals surface area contributed by atoms with Crippen LogP contribution in [0.15, 0.2) is 12.1 Å². The number of aliphatic carboxylic acids is 1. The fourth-order valence-electron chi connectivity index (χ4n) is 2.22. The zero-order valence-corrected chi connectivity index (χ0v) is 8.80. The first-order valence-corrected chi connectivity index (χ1v) is 4.98. The van der Waals surface area contributed by atoms with Gasteiger partial charge in [-0.3, -0.25) is 4.79 Å². The molecule has 0 amide bonds. The van der Waals surface area contributed by atoms with Crippen molar-refractivity contribution in [1.29, 1.82) is 0 Å². The lowest BCUT2D eigenvalue weighted by molar-refractivity contribution is -0.140. The molecular weight excluding hydrogens is 195 g/mol. The maximum atomic E-state index is 13.7. The zero-order chi connectivity index (χ0) is 11.2. The normalized spacial score (nSPS) is 17.5. The van der Waals surface area contributed by atoms with Gasteiger partial charge in [-0.05, 0) is 43.9 Å². The Morgan fingerprint density at radius 2 is 2.00 bits per heavy atom. The van der Waals surface area contributed by atoms with Gasteiger partial charge in [0.25, 0.3) is 0 Å². The molecule has 1 fully saturated rings. The number of halogens is 1. The van der Waals surface area contributed by atoms with E-state index in [0.717, 1.165) is 11.1 Å². The quantitative estimate of drug-likeness (QED) is 0.811. The third kappa shape index (κ3) is 1.42. The molecule has 0 atom stereocenters. The van der Waals surface area contributed by atoms with Crippen molar-refractivity contribution >= 4 is 5.97 Å². The van der Waals surface area contributed by atoms with E-state index in [0.29, 0.717) is 18.4 Å². The molecule has 80 valence electrons. The minimum absolute atomic E-state index is 0.376. The van der Waals surface area contributed by atoms with Gasteiger partial charge in [0, 0.05) is 5.56 Å². The van der Waals surface area contributed by atoms with Gasteiger partial charge >= 0.3 is 5.97 Å². The Bertz CT molecular complexity index is 410. The minimum atomic E-state index is -0.943. The summed E-state index contributed by atoms with van der Waals surface area (Å²) in [5, 5.41) is 9.11. The molecule has 2 rings (SSSR count). The number of carbonyl (C=O) groups is 1. The maximum absolute atomic E-state index is 13.7. The van der Waals surface area contributed by atoms with Crippen LogP contribution < -0.4 is 0 Å². The standard InChI is InChI=1S/C12H13FO2/c1-7-5-8(2)10(9(13)6-7)12(3-4-12)11(14)15/h5-6H,3-4H2,1-2H3,(H,14,15). The summed E-state index contributed by atoms with van der Waals surface area (Å²) >= 11 is 0. The Balaban J connectivity index is 2.58. The zero-order valence-electron chi connectivity index (χ0n) is 8.80. The Hall–Kier alpha value is -1.38. The van der Waals surface area contributed by atoms with Crippen molar-refractivity contribution in [2.75, 3.05) is 0 Å². The first-order valence-electron chi connectivity index (χ1n) is 4.98. The summed E-state index contributed by atoms with van der Waals surface area (Å²) in [6, 6.07) is 3.24. The average Bonchev–Trinajstić information content (AvgIpc) is 2.83. The van der Waals surface area contributed by atoms with Crippen LogP contribution >= 0.6 is 0 Å². The highest BCUT2D eigenvalue weighted by molar-refractivity contribution is 5.85. The third-order valence-corrected chi connectivity index (χ3v) is 3.07. The second-order valence-electron chi connectivity index (χ2n) is 4.33. The Morgan fingerprint density at radius 1 is 1.40 bits per heavy atom. The highest BCUT2D eigenvalue weighted by Gasteiger charge is 2.53. The van der Waals surface area contributed by atoms with Gasteiger partial charge in [-0.1, -0.05) is 6.07 Å². The van der Waals surface area contributed by atoms with E-state index in [1.54, 1.807) is 13.8 Å². The number of benzene rings is 1. The van der Waals surface area contributed by atoms with Crippen molar-refractivity contribution in [3.05, 3.63) is 34.6 Å². The van der Waals surface area contributed by atoms with E-state index in [4.69, 9.17) is 5.11 Å². The summed E-state index contributed by atoms with van der Waals surface area (Å²) in [5.74, 6) is -1.29. The molecule has 0 spiro atoms. The van der Waals surface area contributed by atoms with Crippen molar-refractivity contribution < 1.29 is 14.3 Å². The molecular formula is C12H13FO2. The molecule has 1 aliphatic rings. The van der Waals surface area contributed by atoms with Gasteiger partial charge in [-0.2, -0.15) is 0 Å². The number of aryl methyl sites for hydroxylation is 2. The van der Waals surface area contributed by atoms with Crippen LogP contribution in [0.2, 0.25) is 0 Å². The van der Waals surface area contributed by atoms with E-state index in [2.05, 4.69) is 0 Å². The van der Waals surface area contributed by atoms with Crippen LogP contribution in [0, 0.1) is 19.7 Å². The molecule has 15 heavy (non-hydrogen) atoms. The van der Waals surface area contributed by atoms with Crippen molar-refractivity contribution in [1.82, 2.24) is 0 Å². The van der Waals surface area contributed by atoms with Gasteiger partial charge in [0.2, 0.25) is 0 Å². The molecule has 0 saturated heterocycles. The number of hydrogen-bond acceptors (Lipinski definition) is 1. The number of hydrogen-bond donors (Lipinski definition) is 1. The predicted molar refractivity (Wildman–Crippen MR) is 54.4 cm³/mol. The molecule has 3 heteroatoms. The lowest BCUT2D eigenvalue weighted by Crippen LogP contribution is -2.22. The van der Waals surface area contributed by atoms with Crippen molar-refractivity contribution in [2.45, 2.75) is 32.1 Å². The van der Waals surface area contributed by atoms with E-state index in [9.17, 15) is 9.18 Å². The lowest BCUT2D eigenvalue weighted by Gasteiger charge is -2.15. The summed E-state index contributed by atoms with van der Waals surface area (Å²) in [6.45, 7) is 3.58. The number of carboxylic acid groups (broad SMARTS) is 1. The van der Waals surface area contributed by atoms with E-state index in [-0.39, 0.29) is 5.82 Å². The summed E-state index contributed by atoms with van der Waals surface area (Å²) in [7, 11) is 0. The van der Waals surface area contributed by atoms with Crippen molar-refractivity contribution in [3.8, 4) is 0 Å². The highest BCUT2D eigenvalue weighted by Crippen LogP contribution is 2.50. The van der Waals surface area contributed by atoms with Gasteiger partial charge in [0.15, 0.2) is 0 Å². The van der Waals surface area contributed by atoms with Gasteiger partial charge in [0.1, 0.15) is 5.82 Å². The molecule has 0 aromatic heterocycles. The fourth-order valence-corrected chi connectivity index (χ4v) is 2.22. The van der Waals surface area contributed by atoms with Gasteiger partial charge in [0.05, 0.1) is 5.41 Å². The second-order valence-corrected chi connectivity index (χ2v) is 4.33. The molecule has 1 N–H and O–H groups in total. The van der Waals surface area contributed by atoms with Gasteiger partial charge < -0.3 is 5.11 Å². The molecule has 0 unspecified atom stereocenters. The molecule has 0 heterocycles. The third-order valence-electron chi connectivity index (χ3n) is 3.07. The van der Waals surface area contributed by atoms with E-state index < -0.39 is 11.4 Å². The summed E-state index contributed by atoms with van der Waals surface area (Å²) < 4.78 is 13.7. The topological polar surface area (TPSA) is 37.3 Å². The van der Waals surface area contributed by atoms with Crippen LogP contribution in [0.4, 0.5) is 4.39 Å². The molecule has 1 aromatic rings. The van der Waals surface area contributed by atoms with Crippen LogP contribution in [-0.2, 0) is 10.2 Å². The molecule has 0 bridgehead atoms. The monoisotopic (exact) mass is 208 g/mol. The van der Waals surface area contributed by atoms with E-state index in [1.807, 2.05) is 6.07 Å². The van der Waals surface area contributed by atoms with E-state index in [1.165, 1.54) is 6.07 Å². The highest BCUT2D eigenvalue weighted by atomic mass is 19.1. The Kier molecular flexibility index (Phi) is 2.07. The fraction of sp³-hybridized carbons (Fsp3) is 0.417. The largest absolute Gasteiger partial charge is 0.481 e. The smallest absolute Gasteiger partial charge is 0.314 e. The first-order chi connectivity index (χ1) is 6.97. The lowest BCUT2D eigenvalue weighted by atomic mass is 9.90. The molecule has 0 radical (unpaired) electrons. The molecule has 0 aliphatic heterocycles. The SMILES string of the molecule is Cc1cc(C)c(C2(C(=O)O)CC2)c(F)c1. The molecule has 2 nitrogen and oxygen atoms in total. The Labute approximate surface area is 87.7 Å². The molecule has 1 saturated carbocycles. The second kappa shape index (κ2) is 3.05. The Morgan fingerprint density at radius 3 is 2.40 bits per heavy atom. The first kappa shape index (κ1) is 10.1. The molecule has 1 aliphatic carbocycles. The summed E-state index contributed by atoms with van der Waals surface area (Å²) in [6.07, 6.45) is 1.09. The predicted octanol–water partition coefficient (Wildman–Crippen LogP) is 2.56. The summed E-state index contributed by atoms with van der Waals surface area (Å²) in [4.78, 5) is 11.1. The number of carboxylic acids is 1. The van der Waals surface area contributed by atoms with Crippen LogP contribution in [0.25, 0.3) is 0 Å². The van der Waals surface area contributed by atoms with Crippen LogP contribution in [-0.4, -0.2) is 11.1 Å². The van der Waals surface area contributed by atoms with E-state index >= 15 is 0 Å². The van der Waals surface area contributed by atoms with Crippen LogP contribution in [0.1, 0.15) is 29.5 Å². The minimum Gasteiger partial charge on any atom is -0.481 e. The molecule has 1 aromatic carbocycles. The van der Waals surface area contributed by atoms with Crippen molar-refractivity contribution in [2.24, 2.45) is 0 Å². The average molecular weight is 208 g/mol. The van der Waals surface area contributed by atoms with Crippen LogP contribution in [0.5, 0.6) is 0 Å².